The van der Waals surface area contributed by atoms with Crippen molar-refractivity contribution >= 4 is 5.91 Å². The van der Waals surface area contributed by atoms with E-state index < -0.39 is 124 Å². The molecule has 3 saturated heterocycles. The van der Waals surface area contributed by atoms with Crippen molar-refractivity contribution in [1.29, 1.82) is 0 Å². The van der Waals surface area contributed by atoms with Gasteiger partial charge in [-0.05, 0) is 83.5 Å². The number of allylic oxidation sites excluding steroid dienone is 15. The standard InChI is InChI=1S/C59H97NO18/c1-3-5-7-9-11-13-15-16-17-18-19-20-21-22-23-24-25-26-27-29-31-33-35-37-47(65)60-42(43(64)36-34-32-30-28-14-12-10-8-6-4-2)41-73-57-53(71)50(68)55(45(39-62)75-57)78-59-54(72)51(69)56(46(40-63)76-59)77-58-52(70)49(67)48(66)44(38-61)74-58/h5,7,11,13-14,16-17,19-20,22-23,25-26,28,34,36,42-46,48-59,61-64,66-72H,3-4,6,8-10,12,15,18,21,24,27,29-33,35,37-41H2,1-2H3,(H,60,65)/b7-5-,13-11-,17-16-,20-19-,23-22-,26-25-,28-14+,36-34+. The molecule has 19 nitrogen and oxygen atoms in total. The maximum Gasteiger partial charge on any atom is 0.220 e. The van der Waals surface area contributed by atoms with E-state index in [0.29, 0.717) is 12.8 Å². The molecule has 0 aliphatic carbocycles. The molecule has 17 unspecified atom stereocenters. The Morgan fingerprint density at radius 3 is 1.42 bits per heavy atom. The molecule has 19 heteroatoms. The Morgan fingerprint density at radius 2 is 0.897 bits per heavy atom. The van der Waals surface area contributed by atoms with Gasteiger partial charge in [-0.15, -0.1) is 0 Å². The number of carbonyl (C=O) groups is 1. The fraction of sp³-hybridized carbons (Fsp3) is 0.712. The van der Waals surface area contributed by atoms with Crippen molar-refractivity contribution in [2.75, 3.05) is 26.4 Å². The Bertz CT molecular complexity index is 1800. The van der Waals surface area contributed by atoms with Gasteiger partial charge in [-0.1, -0.05) is 143 Å². The molecule has 0 aromatic rings. The van der Waals surface area contributed by atoms with Gasteiger partial charge in [-0.2, -0.15) is 0 Å². The fourth-order valence-corrected chi connectivity index (χ4v) is 8.91. The minimum atomic E-state index is -1.99. The van der Waals surface area contributed by atoms with E-state index in [1.807, 2.05) is 6.08 Å². The Labute approximate surface area is 463 Å². The number of rotatable bonds is 39. The molecule has 446 valence electrons. The van der Waals surface area contributed by atoms with Gasteiger partial charge in [0.05, 0.1) is 38.6 Å². The Morgan fingerprint density at radius 1 is 0.474 bits per heavy atom. The summed E-state index contributed by atoms with van der Waals surface area (Å²) in [5.74, 6) is -0.318. The maximum atomic E-state index is 13.3. The van der Waals surface area contributed by atoms with Crippen LogP contribution >= 0.6 is 0 Å². The minimum Gasteiger partial charge on any atom is -0.394 e. The van der Waals surface area contributed by atoms with Crippen LogP contribution in [0, 0.1) is 0 Å². The number of carbonyl (C=O) groups excluding carboxylic acids is 1. The average molecular weight is 1110 g/mol. The number of unbranched alkanes of at least 4 members (excludes halogenated alkanes) is 9. The van der Waals surface area contributed by atoms with Gasteiger partial charge in [0.15, 0.2) is 18.9 Å². The van der Waals surface area contributed by atoms with Gasteiger partial charge in [0.1, 0.15) is 73.2 Å². The molecule has 0 aromatic carbocycles. The van der Waals surface area contributed by atoms with E-state index in [1.165, 1.54) is 19.3 Å². The molecule has 0 saturated carbocycles. The molecule has 0 bridgehead atoms. The van der Waals surface area contributed by atoms with Crippen molar-refractivity contribution in [3.05, 3.63) is 97.2 Å². The zero-order valence-electron chi connectivity index (χ0n) is 46.1. The summed E-state index contributed by atoms with van der Waals surface area (Å²) in [7, 11) is 0. The van der Waals surface area contributed by atoms with Crippen LogP contribution in [0.5, 0.6) is 0 Å². The highest BCUT2D eigenvalue weighted by molar-refractivity contribution is 5.76. The van der Waals surface area contributed by atoms with E-state index in [0.717, 1.165) is 83.5 Å². The molecule has 1 amide bonds. The zero-order chi connectivity index (χ0) is 56.9. The van der Waals surface area contributed by atoms with Crippen LogP contribution in [0.2, 0.25) is 0 Å². The molecule has 3 aliphatic heterocycles. The molecular formula is C59H97NO18. The molecule has 3 rings (SSSR count). The number of amides is 1. The van der Waals surface area contributed by atoms with Gasteiger partial charge in [0, 0.05) is 6.42 Å². The van der Waals surface area contributed by atoms with E-state index in [9.17, 15) is 61.0 Å². The van der Waals surface area contributed by atoms with E-state index in [-0.39, 0.29) is 18.9 Å². The topological polar surface area (TPSA) is 307 Å². The highest BCUT2D eigenvalue weighted by atomic mass is 16.8. The van der Waals surface area contributed by atoms with Crippen LogP contribution in [0.1, 0.15) is 136 Å². The van der Waals surface area contributed by atoms with Gasteiger partial charge in [0.25, 0.3) is 0 Å². The van der Waals surface area contributed by atoms with Crippen molar-refractivity contribution in [2.45, 2.75) is 240 Å². The summed E-state index contributed by atoms with van der Waals surface area (Å²) < 4.78 is 34.1. The first-order valence-electron chi connectivity index (χ1n) is 28.5. The summed E-state index contributed by atoms with van der Waals surface area (Å²) in [4.78, 5) is 13.3. The monoisotopic (exact) mass is 1110 g/mol. The second-order valence-corrected chi connectivity index (χ2v) is 20.0. The van der Waals surface area contributed by atoms with Crippen LogP contribution < -0.4 is 5.32 Å². The number of hydrogen-bond donors (Lipinski definition) is 12. The second kappa shape index (κ2) is 41.7. The third-order valence-electron chi connectivity index (χ3n) is 13.6. The Balaban J connectivity index is 1.50. The van der Waals surface area contributed by atoms with E-state index in [1.54, 1.807) is 6.08 Å². The van der Waals surface area contributed by atoms with Crippen molar-refractivity contribution in [3.8, 4) is 0 Å². The SMILES string of the molecule is CC/C=C\C/C=C\C/C=C\C/C=C\C/C=C\C/C=C\CCCCCCC(=O)NC(COC1OC(CO)C(OC2OC(CO)C(OC3OC(CO)C(O)C(O)C3O)C(O)C2O)C(O)C1O)C(O)/C=C/CC/C=C/CCCCCC. The normalized spacial score (nSPS) is 31.2. The molecule has 3 aliphatic rings. The Kier molecular flexibility index (Phi) is 36.8. The van der Waals surface area contributed by atoms with Gasteiger partial charge in [-0.25, -0.2) is 0 Å². The molecule has 3 fully saturated rings. The maximum absolute atomic E-state index is 13.3. The van der Waals surface area contributed by atoms with Crippen LogP contribution in [0.25, 0.3) is 0 Å². The first-order chi connectivity index (χ1) is 37.8. The summed E-state index contributed by atoms with van der Waals surface area (Å²) in [6, 6.07) is -1.01. The molecule has 0 radical (unpaired) electrons. The third-order valence-corrected chi connectivity index (χ3v) is 13.6. The summed E-state index contributed by atoms with van der Waals surface area (Å²) in [5, 5.41) is 120. The molecule has 12 N–H and O–H groups in total. The minimum absolute atomic E-state index is 0.199. The van der Waals surface area contributed by atoms with E-state index >= 15 is 0 Å². The number of aliphatic hydroxyl groups is 11. The molecule has 0 aromatic heterocycles. The predicted octanol–water partition coefficient (Wildman–Crippen LogP) is 4.20. The van der Waals surface area contributed by atoms with Crippen LogP contribution in [-0.2, 0) is 33.2 Å². The van der Waals surface area contributed by atoms with Gasteiger partial charge < -0.3 is 89.9 Å². The summed E-state index contributed by atoms with van der Waals surface area (Å²) in [6.45, 7) is 1.48. The average Bonchev–Trinajstić information content (AvgIpc) is 3.49. The zero-order valence-corrected chi connectivity index (χ0v) is 46.1. The molecule has 78 heavy (non-hydrogen) atoms. The first-order valence-corrected chi connectivity index (χ1v) is 28.5. The third kappa shape index (κ3) is 25.7. The van der Waals surface area contributed by atoms with Gasteiger partial charge >= 0.3 is 0 Å². The number of ether oxygens (including phenoxy) is 6. The van der Waals surface area contributed by atoms with Crippen molar-refractivity contribution in [3.63, 3.8) is 0 Å². The number of hydrogen-bond acceptors (Lipinski definition) is 18. The van der Waals surface area contributed by atoms with Crippen LogP contribution in [0.15, 0.2) is 97.2 Å². The molecule has 17 atom stereocenters. The predicted molar refractivity (Wildman–Crippen MR) is 295 cm³/mol. The molecular weight excluding hydrogens is 1010 g/mol. The molecule has 0 spiro atoms. The van der Waals surface area contributed by atoms with Crippen molar-refractivity contribution in [2.24, 2.45) is 0 Å². The summed E-state index contributed by atoms with van der Waals surface area (Å²) >= 11 is 0. The van der Waals surface area contributed by atoms with Crippen LogP contribution in [-0.4, -0.2) is 193 Å². The number of nitrogens with one attached hydrogen (secondary N) is 1. The Hall–Kier alpha value is -3.29. The quantitative estimate of drug-likeness (QED) is 0.0303. The van der Waals surface area contributed by atoms with E-state index in [4.69, 9.17) is 28.4 Å². The lowest BCUT2D eigenvalue weighted by atomic mass is 9.96. The van der Waals surface area contributed by atoms with Crippen LogP contribution in [0.4, 0.5) is 0 Å². The lowest BCUT2D eigenvalue weighted by molar-refractivity contribution is -0.379. The second-order valence-electron chi connectivity index (χ2n) is 20.0. The van der Waals surface area contributed by atoms with Gasteiger partial charge in [-0.3, -0.25) is 4.79 Å². The fourth-order valence-electron chi connectivity index (χ4n) is 8.91. The first kappa shape index (κ1) is 69.0. The molecule has 3 heterocycles. The van der Waals surface area contributed by atoms with Crippen molar-refractivity contribution < 1.29 is 89.4 Å². The van der Waals surface area contributed by atoms with E-state index in [2.05, 4.69) is 104 Å². The smallest absolute Gasteiger partial charge is 0.220 e. The summed E-state index contributed by atoms with van der Waals surface area (Å²) in [5.41, 5.74) is 0. The largest absolute Gasteiger partial charge is 0.394 e. The van der Waals surface area contributed by atoms with Crippen molar-refractivity contribution in [1.82, 2.24) is 5.32 Å². The summed E-state index contributed by atoms with van der Waals surface area (Å²) in [6.07, 6.45) is 24.1. The highest BCUT2D eigenvalue weighted by Crippen LogP contribution is 2.33. The highest BCUT2D eigenvalue weighted by Gasteiger charge is 2.53. The van der Waals surface area contributed by atoms with Gasteiger partial charge in [0.2, 0.25) is 5.91 Å². The van der Waals surface area contributed by atoms with Crippen LogP contribution in [0.3, 0.4) is 0 Å². The number of aliphatic hydroxyl groups excluding tert-OH is 11. The lowest BCUT2D eigenvalue weighted by Crippen LogP contribution is -2.66. The lowest BCUT2D eigenvalue weighted by Gasteiger charge is -2.48.